The molecule has 6 heteroatoms. The van der Waals surface area contributed by atoms with Gasteiger partial charge in [0.1, 0.15) is 0 Å². The van der Waals surface area contributed by atoms with Crippen LogP contribution in [-0.2, 0) is 11.2 Å². The Kier molecular flexibility index (Phi) is 4.86. The maximum absolute atomic E-state index is 12.3. The van der Waals surface area contributed by atoms with Crippen molar-refractivity contribution in [2.24, 2.45) is 0 Å². The number of hydrogen-bond acceptors (Lipinski definition) is 3. The summed E-state index contributed by atoms with van der Waals surface area (Å²) in [6.07, 6.45) is 3.34. The number of carboxylic acid groups (broad SMARTS) is 1. The van der Waals surface area contributed by atoms with Crippen molar-refractivity contribution in [1.29, 1.82) is 0 Å². The number of aromatic carboxylic acids is 1. The van der Waals surface area contributed by atoms with Gasteiger partial charge in [-0.05, 0) is 35.4 Å². The van der Waals surface area contributed by atoms with Crippen molar-refractivity contribution in [3.8, 4) is 11.1 Å². The van der Waals surface area contributed by atoms with Crippen LogP contribution in [0.4, 0.5) is 5.69 Å². The highest BCUT2D eigenvalue weighted by Crippen LogP contribution is 2.23. The van der Waals surface area contributed by atoms with Gasteiger partial charge in [-0.2, -0.15) is 0 Å². The van der Waals surface area contributed by atoms with Gasteiger partial charge in [-0.3, -0.25) is 4.79 Å². The molecule has 1 aromatic heterocycles. The van der Waals surface area contributed by atoms with E-state index >= 15 is 0 Å². The minimum Gasteiger partial charge on any atom is -0.478 e. The first-order chi connectivity index (χ1) is 12.0. The molecular formula is C19H14ClNO4. The van der Waals surface area contributed by atoms with E-state index in [1.54, 1.807) is 12.5 Å². The Morgan fingerprint density at radius 3 is 2.64 bits per heavy atom. The van der Waals surface area contributed by atoms with Crippen molar-refractivity contribution in [3.63, 3.8) is 0 Å². The van der Waals surface area contributed by atoms with Crippen LogP contribution in [0.5, 0.6) is 0 Å². The van der Waals surface area contributed by atoms with E-state index in [1.165, 1.54) is 18.2 Å². The number of rotatable bonds is 5. The van der Waals surface area contributed by atoms with E-state index in [1.807, 2.05) is 30.3 Å². The molecule has 0 aliphatic heterocycles. The minimum absolute atomic E-state index is 0.0482. The lowest BCUT2D eigenvalue weighted by molar-refractivity contribution is -0.115. The third kappa shape index (κ3) is 4.08. The van der Waals surface area contributed by atoms with Gasteiger partial charge in [0, 0.05) is 10.6 Å². The first kappa shape index (κ1) is 16.8. The summed E-state index contributed by atoms with van der Waals surface area (Å²) in [7, 11) is 0. The lowest BCUT2D eigenvalue weighted by atomic mass is 10.0. The number of benzene rings is 2. The summed E-state index contributed by atoms with van der Waals surface area (Å²) in [5, 5.41) is 12.1. The number of furan rings is 1. The Hall–Kier alpha value is -3.05. The van der Waals surface area contributed by atoms with Gasteiger partial charge in [0.15, 0.2) is 0 Å². The molecule has 0 saturated carbocycles. The van der Waals surface area contributed by atoms with E-state index in [0.717, 1.165) is 16.7 Å². The second-order valence-electron chi connectivity index (χ2n) is 5.43. The number of carbonyl (C=O) groups excluding carboxylic acids is 1. The molecule has 2 aromatic carbocycles. The molecule has 0 bridgehead atoms. The average Bonchev–Trinajstić information content (AvgIpc) is 3.11. The Morgan fingerprint density at radius 1 is 1.08 bits per heavy atom. The zero-order valence-electron chi connectivity index (χ0n) is 13.0. The highest BCUT2D eigenvalue weighted by atomic mass is 35.5. The largest absolute Gasteiger partial charge is 0.478 e. The number of nitrogens with one attached hydrogen (secondary N) is 1. The lowest BCUT2D eigenvalue weighted by Crippen LogP contribution is -2.16. The Bertz CT molecular complexity index is 919. The van der Waals surface area contributed by atoms with Crippen molar-refractivity contribution in [3.05, 3.63) is 77.2 Å². The number of carboxylic acids is 1. The SMILES string of the molecule is O=C(Cc1cccc(-c2ccoc2)c1)Nc1ccc(Cl)cc1C(=O)O. The molecule has 0 aliphatic carbocycles. The summed E-state index contributed by atoms with van der Waals surface area (Å²) in [4.78, 5) is 23.6. The van der Waals surface area contributed by atoms with Gasteiger partial charge in [0.25, 0.3) is 0 Å². The smallest absolute Gasteiger partial charge is 0.337 e. The molecule has 5 nitrogen and oxygen atoms in total. The number of anilines is 1. The van der Waals surface area contributed by atoms with Gasteiger partial charge in [0.2, 0.25) is 5.91 Å². The van der Waals surface area contributed by atoms with Crippen LogP contribution in [0.25, 0.3) is 11.1 Å². The maximum atomic E-state index is 12.3. The maximum Gasteiger partial charge on any atom is 0.337 e. The molecule has 1 heterocycles. The van der Waals surface area contributed by atoms with Crippen LogP contribution >= 0.6 is 11.6 Å². The molecule has 0 spiro atoms. The summed E-state index contributed by atoms with van der Waals surface area (Å²) in [5.74, 6) is -1.46. The monoisotopic (exact) mass is 355 g/mol. The number of halogens is 1. The molecule has 0 unspecified atom stereocenters. The highest BCUT2D eigenvalue weighted by molar-refractivity contribution is 6.31. The Labute approximate surface area is 148 Å². The summed E-state index contributed by atoms with van der Waals surface area (Å²) in [6, 6.07) is 13.7. The van der Waals surface area contributed by atoms with Gasteiger partial charge in [0.05, 0.1) is 30.2 Å². The van der Waals surface area contributed by atoms with Gasteiger partial charge < -0.3 is 14.8 Å². The third-order valence-corrected chi connectivity index (χ3v) is 3.87. The summed E-state index contributed by atoms with van der Waals surface area (Å²) in [6.45, 7) is 0. The molecule has 25 heavy (non-hydrogen) atoms. The van der Waals surface area contributed by atoms with E-state index < -0.39 is 5.97 Å². The van der Waals surface area contributed by atoms with Crippen LogP contribution in [0.1, 0.15) is 15.9 Å². The number of amides is 1. The van der Waals surface area contributed by atoms with E-state index in [-0.39, 0.29) is 23.6 Å². The number of carbonyl (C=O) groups is 2. The van der Waals surface area contributed by atoms with Crippen molar-refractivity contribution in [2.75, 3.05) is 5.32 Å². The summed E-state index contributed by atoms with van der Waals surface area (Å²) in [5.41, 5.74) is 2.84. The molecule has 3 rings (SSSR count). The predicted molar refractivity (Wildman–Crippen MR) is 94.9 cm³/mol. The molecule has 126 valence electrons. The molecule has 0 atom stereocenters. The normalized spacial score (nSPS) is 10.4. The Morgan fingerprint density at radius 2 is 1.92 bits per heavy atom. The van der Waals surface area contributed by atoms with Gasteiger partial charge in [-0.25, -0.2) is 4.79 Å². The third-order valence-electron chi connectivity index (χ3n) is 3.63. The summed E-state index contributed by atoms with van der Waals surface area (Å²) >= 11 is 5.81. The van der Waals surface area contributed by atoms with E-state index in [2.05, 4.69) is 5.32 Å². The second-order valence-corrected chi connectivity index (χ2v) is 5.87. The van der Waals surface area contributed by atoms with Crippen LogP contribution < -0.4 is 5.32 Å². The molecule has 0 saturated heterocycles. The molecule has 0 aliphatic rings. The van der Waals surface area contributed by atoms with E-state index in [9.17, 15) is 14.7 Å². The molecule has 2 N–H and O–H groups in total. The number of hydrogen-bond donors (Lipinski definition) is 2. The topological polar surface area (TPSA) is 79.5 Å². The van der Waals surface area contributed by atoms with Crippen LogP contribution in [0.3, 0.4) is 0 Å². The average molecular weight is 356 g/mol. The van der Waals surface area contributed by atoms with Crippen molar-refractivity contribution < 1.29 is 19.1 Å². The van der Waals surface area contributed by atoms with Gasteiger partial charge >= 0.3 is 5.97 Å². The van der Waals surface area contributed by atoms with E-state index in [4.69, 9.17) is 16.0 Å². The fraction of sp³-hybridized carbons (Fsp3) is 0.0526. The van der Waals surface area contributed by atoms with E-state index in [0.29, 0.717) is 5.02 Å². The zero-order valence-corrected chi connectivity index (χ0v) is 13.8. The van der Waals surface area contributed by atoms with Crippen LogP contribution in [0.15, 0.2) is 65.5 Å². The minimum atomic E-state index is -1.15. The zero-order chi connectivity index (χ0) is 17.8. The molecule has 3 aromatic rings. The van der Waals surface area contributed by atoms with Gasteiger partial charge in [-0.15, -0.1) is 0 Å². The highest BCUT2D eigenvalue weighted by Gasteiger charge is 2.13. The first-order valence-corrected chi connectivity index (χ1v) is 7.85. The standard InChI is InChI=1S/C19H14ClNO4/c20-15-4-5-17(16(10-15)19(23)24)21-18(22)9-12-2-1-3-13(8-12)14-6-7-25-11-14/h1-8,10-11H,9H2,(H,21,22)(H,23,24). The second kappa shape index (κ2) is 7.23. The fourth-order valence-corrected chi connectivity index (χ4v) is 2.64. The molecular weight excluding hydrogens is 342 g/mol. The molecule has 0 fully saturated rings. The first-order valence-electron chi connectivity index (χ1n) is 7.47. The van der Waals surface area contributed by atoms with Crippen molar-refractivity contribution >= 4 is 29.2 Å². The van der Waals surface area contributed by atoms with Crippen LogP contribution in [0, 0.1) is 0 Å². The van der Waals surface area contributed by atoms with Crippen molar-refractivity contribution in [2.45, 2.75) is 6.42 Å². The summed E-state index contributed by atoms with van der Waals surface area (Å²) < 4.78 is 5.07. The molecule has 0 radical (unpaired) electrons. The fourth-order valence-electron chi connectivity index (χ4n) is 2.47. The Balaban J connectivity index is 1.76. The van der Waals surface area contributed by atoms with Crippen LogP contribution in [0.2, 0.25) is 5.02 Å². The lowest BCUT2D eigenvalue weighted by Gasteiger charge is -2.09. The van der Waals surface area contributed by atoms with Gasteiger partial charge in [-0.1, -0.05) is 35.9 Å². The quantitative estimate of drug-likeness (QED) is 0.707. The predicted octanol–water partition coefficient (Wildman–Crippen LogP) is 4.48. The van der Waals surface area contributed by atoms with Crippen LogP contribution in [-0.4, -0.2) is 17.0 Å². The molecule has 1 amide bonds. The van der Waals surface area contributed by atoms with Crippen molar-refractivity contribution in [1.82, 2.24) is 0 Å².